The van der Waals surface area contributed by atoms with E-state index >= 15 is 0 Å². The van der Waals surface area contributed by atoms with E-state index in [0.717, 1.165) is 29.5 Å². The Balaban J connectivity index is 2.39. The minimum absolute atomic E-state index is 0.291. The molecule has 102 valence electrons. The van der Waals surface area contributed by atoms with Crippen molar-refractivity contribution in [2.75, 3.05) is 6.54 Å². The van der Waals surface area contributed by atoms with Gasteiger partial charge >= 0.3 is 0 Å². The molecule has 0 aliphatic carbocycles. The van der Waals surface area contributed by atoms with Crippen LogP contribution in [0.2, 0.25) is 0 Å². The zero-order valence-corrected chi connectivity index (χ0v) is 11.9. The third kappa shape index (κ3) is 3.39. The maximum absolute atomic E-state index is 13.9. The first-order valence-electron chi connectivity index (χ1n) is 6.35. The molecule has 0 fully saturated rings. The second-order valence-electron chi connectivity index (χ2n) is 4.54. The molecule has 0 amide bonds. The summed E-state index contributed by atoms with van der Waals surface area (Å²) in [4.78, 5) is 1.16. The van der Waals surface area contributed by atoms with Gasteiger partial charge < -0.3 is 5.32 Å². The molecule has 4 heteroatoms. The lowest BCUT2D eigenvalue weighted by Crippen LogP contribution is -2.23. The molecule has 1 nitrogen and oxygen atoms in total. The molecule has 0 saturated carbocycles. The van der Waals surface area contributed by atoms with Crippen LogP contribution in [0.5, 0.6) is 0 Å². The van der Waals surface area contributed by atoms with Gasteiger partial charge in [-0.2, -0.15) is 0 Å². The molecule has 0 aliphatic heterocycles. The van der Waals surface area contributed by atoms with E-state index in [9.17, 15) is 8.78 Å². The van der Waals surface area contributed by atoms with Gasteiger partial charge in [0.2, 0.25) is 0 Å². The molecule has 0 radical (unpaired) electrons. The van der Waals surface area contributed by atoms with Crippen LogP contribution in [0.1, 0.15) is 35.4 Å². The Bertz CT molecular complexity index is 551. The van der Waals surface area contributed by atoms with E-state index in [-0.39, 0.29) is 11.9 Å². The van der Waals surface area contributed by atoms with Crippen molar-refractivity contribution in [3.05, 3.63) is 57.3 Å². The highest BCUT2D eigenvalue weighted by Crippen LogP contribution is 2.28. The Hall–Kier alpha value is -1.26. The Morgan fingerprint density at radius 3 is 2.68 bits per heavy atom. The summed E-state index contributed by atoms with van der Waals surface area (Å²) in [5.74, 6) is -0.787. The fourth-order valence-corrected chi connectivity index (χ4v) is 2.78. The number of nitrogens with one attached hydrogen (secondary N) is 1. The Kier molecular flexibility index (Phi) is 4.66. The largest absolute Gasteiger partial charge is 0.306 e. The van der Waals surface area contributed by atoms with Crippen molar-refractivity contribution in [3.8, 4) is 0 Å². The standard InChI is InChI=1S/C15H17F2NS/c1-3-6-18-15(11-7-10(2)19-9-11)13-8-12(16)4-5-14(13)17/h4-5,7-9,15,18H,3,6H2,1-2H3. The first-order chi connectivity index (χ1) is 9.11. The van der Waals surface area contributed by atoms with Crippen molar-refractivity contribution in [2.45, 2.75) is 26.3 Å². The van der Waals surface area contributed by atoms with Gasteiger partial charge in [-0.3, -0.25) is 0 Å². The van der Waals surface area contributed by atoms with Crippen LogP contribution in [0, 0.1) is 18.6 Å². The molecule has 0 saturated heterocycles. The molecule has 0 bridgehead atoms. The predicted octanol–water partition coefficient (Wildman–Crippen LogP) is 4.42. The highest BCUT2D eigenvalue weighted by atomic mass is 32.1. The molecule has 1 heterocycles. The van der Waals surface area contributed by atoms with Crippen molar-refractivity contribution in [3.63, 3.8) is 0 Å². The average Bonchev–Trinajstić information content (AvgIpc) is 2.80. The van der Waals surface area contributed by atoms with E-state index in [1.165, 1.54) is 12.1 Å². The smallest absolute Gasteiger partial charge is 0.128 e. The molecule has 1 atom stereocenters. The minimum atomic E-state index is -0.411. The second-order valence-corrected chi connectivity index (χ2v) is 5.66. The monoisotopic (exact) mass is 281 g/mol. The number of halogens is 2. The number of thiophene rings is 1. The van der Waals surface area contributed by atoms with Crippen LogP contribution in [0.15, 0.2) is 29.6 Å². The van der Waals surface area contributed by atoms with E-state index in [1.807, 2.05) is 25.3 Å². The predicted molar refractivity (Wildman–Crippen MR) is 75.6 cm³/mol. The van der Waals surface area contributed by atoms with Gasteiger partial charge in [0.15, 0.2) is 0 Å². The number of hydrogen-bond donors (Lipinski definition) is 1. The lowest BCUT2D eigenvalue weighted by Gasteiger charge is -2.19. The molecule has 2 aromatic rings. The normalized spacial score (nSPS) is 12.6. The third-order valence-corrected chi connectivity index (χ3v) is 3.83. The number of hydrogen-bond acceptors (Lipinski definition) is 2. The Morgan fingerprint density at radius 2 is 2.05 bits per heavy atom. The van der Waals surface area contributed by atoms with Crippen molar-refractivity contribution in [1.29, 1.82) is 0 Å². The molecule has 1 aromatic heterocycles. The van der Waals surface area contributed by atoms with Gasteiger partial charge in [-0.25, -0.2) is 8.78 Å². The maximum atomic E-state index is 13.9. The van der Waals surface area contributed by atoms with Gasteiger partial charge in [0, 0.05) is 10.4 Å². The second kappa shape index (κ2) is 6.26. The molecule has 1 N–H and O–H groups in total. The number of benzene rings is 1. The summed E-state index contributed by atoms with van der Waals surface area (Å²) in [6.07, 6.45) is 0.941. The summed E-state index contributed by atoms with van der Waals surface area (Å²) >= 11 is 1.61. The number of aryl methyl sites for hydroxylation is 1. The summed E-state index contributed by atoms with van der Waals surface area (Å²) in [6, 6.07) is 5.33. The van der Waals surface area contributed by atoms with Crippen molar-refractivity contribution in [2.24, 2.45) is 0 Å². The van der Waals surface area contributed by atoms with Crippen molar-refractivity contribution < 1.29 is 8.78 Å². The van der Waals surface area contributed by atoms with Gasteiger partial charge in [0.05, 0.1) is 6.04 Å². The van der Waals surface area contributed by atoms with E-state index in [2.05, 4.69) is 5.32 Å². The fraction of sp³-hybridized carbons (Fsp3) is 0.333. The van der Waals surface area contributed by atoms with Gasteiger partial charge in [-0.05, 0) is 55.1 Å². The van der Waals surface area contributed by atoms with E-state index in [1.54, 1.807) is 11.3 Å². The summed E-state index contributed by atoms with van der Waals surface area (Å²) in [7, 11) is 0. The Morgan fingerprint density at radius 1 is 1.26 bits per heavy atom. The van der Waals surface area contributed by atoms with E-state index < -0.39 is 5.82 Å². The quantitative estimate of drug-likeness (QED) is 0.855. The summed E-state index contributed by atoms with van der Waals surface area (Å²) in [5.41, 5.74) is 1.35. The SMILES string of the molecule is CCCNC(c1csc(C)c1)c1cc(F)ccc1F. The third-order valence-electron chi connectivity index (χ3n) is 2.95. The molecule has 0 aliphatic rings. The molecule has 1 unspecified atom stereocenters. The first kappa shape index (κ1) is 14.2. The maximum Gasteiger partial charge on any atom is 0.128 e. The number of rotatable bonds is 5. The minimum Gasteiger partial charge on any atom is -0.306 e. The fourth-order valence-electron chi connectivity index (χ4n) is 2.05. The lowest BCUT2D eigenvalue weighted by atomic mass is 10.00. The van der Waals surface area contributed by atoms with Crippen molar-refractivity contribution in [1.82, 2.24) is 5.32 Å². The highest BCUT2D eigenvalue weighted by molar-refractivity contribution is 7.10. The van der Waals surface area contributed by atoms with E-state index in [0.29, 0.717) is 5.56 Å². The van der Waals surface area contributed by atoms with Crippen LogP contribution >= 0.6 is 11.3 Å². The van der Waals surface area contributed by atoms with Gasteiger partial charge in [0.25, 0.3) is 0 Å². The topological polar surface area (TPSA) is 12.0 Å². The first-order valence-corrected chi connectivity index (χ1v) is 7.23. The summed E-state index contributed by atoms with van der Waals surface area (Å²) in [6.45, 7) is 4.81. The Labute approximate surface area is 116 Å². The van der Waals surface area contributed by atoms with Crippen LogP contribution in [-0.2, 0) is 0 Å². The van der Waals surface area contributed by atoms with Gasteiger partial charge in [-0.15, -0.1) is 11.3 Å². The molecule has 19 heavy (non-hydrogen) atoms. The van der Waals surface area contributed by atoms with Crippen molar-refractivity contribution >= 4 is 11.3 Å². The van der Waals surface area contributed by atoms with Crippen LogP contribution in [0.25, 0.3) is 0 Å². The molecular weight excluding hydrogens is 264 g/mol. The van der Waals surface area contributed by atoms with Crippen LogP contribution in [0.3, 0.4) is 0 Å². The van der Waals surface area contributed by atoms with Crippen LogP contribution in [0.4, 0.5) is 8.78 Å². The zero-order valence-electron chi connectivity index (χ0n) is 11.0. The zero-order chi connectivity index (χ0) is 13.8. The molecular formula is C15H17F2NS. The molecule has 2 rings (SSSR count). The summed E-state index contributed by atoms with van der Waals surface area (Å²) in [5, 5.41) is 5.28. The van der Waals surface area contributed by atoms with Crippen LogP contribution < -0.4 is 5.32 Å². The highest BCUT2D eigenvalue weighted by Gasteiger charge is 2.19. The molecule has 0 spiro atoms. The lowest BCUT2D eigenvalue weighted by molar-refractivity contribution is 0.536. The van der Waals surface area contributed by atoms with E-state index in [4.69, 9.17) is 0 Å². The average molecular weight is 281 g/mol. The van der Waals surface area contributed by atoms with Gasteiger partial charge in [0.1, 0.15) is 11.6 Å². The molecule has 1 aromatic carbocycles. The summed E-state index contributed by atoms with van der Waals surface area (Å²) < 4.78 is 27.3. The van der Waals surface area contributed by atoms with Crippen LogP contribution in [-0.4, -0.2) is 6.54 Å². The van der Waals surface area contributed by atoms with Gasteiger partial charge in [-0.1, -0.05) is 6.92 Å².